The second-order valence-corrected chi connectivity index (χ2v) is 5.86. The van der Waals surface area contributed by atoms with E-state index in [1.54, 1.807) is 62.8 Å². The standard InChI is InChI=1S/C21H30N/c1-7-8-18-14-22(6)21(13-19(18)11-15(2)3)20-10-9-16(4)12-17(20)5/h9-10,12-15H,7-8,11H2,1-6H3/q+1/i4D3,7D,8D2,11D2. The molecule has 0 N–H and O–H groups in total. The average molecular weight is 305 g/mol. The fraction of sp³-hybridized carbons (Fsp3) is 0.476. The van der Waals surface area contributed by atoms with Gasteiger partial charge in [0.25, 0.3) is 0 Å². The maximum absolute atomic E-state index is 8.64. The lowest BCUT2D eigenvalue weighted by Gasteiger charge is -2.13. The Morgan fingerprint density at radius 3 is 2.59 bits per heavy atom. The maximum Gasteiger partial charge on any atom is 0.212 e. The lowest BCUT2D eigenvalue weighted by Crippen LogP contribution is -2.32. The molecule has 0 aliphatic rings. The molecule has 0 amide bonds. The molecule has 22 heavy (non-hydrogen) atoms. The van der Waals surface area contributed by atoms with Crippen LogP contribution in [0.1, 0.15) is 60.4 Å². The molecule has 1 unspecified atom stereocenters. The predicted molar refractivity (Wildman–Crippen MR) is 95.1 cm³/mol. The largest absolute Gasteiger partial charge is 0.212 e. The number of aryl methyl sites for hydroxylation is 4. The van der Waals surface area contributed by atoms with Crippen LogP contribution in [0, 0.1) is 19.7 Å². The van der Waals surface area contributed by atoms with E-state index in [9.17, 15) is 0 Å². The van der Waals surface area contributed by atoms with Crippen molar-refractivity contribution in [3.05, 3.63) is 52.7 Å². The topological polar surface area (TPSA) is 3.88 Å². The highest BCUT2D eigenvalue weighted by Gasteiger charge is 2.17. The van der Waals surface area contributed by atoms with Crippen molar-refractivity contribution in [3.8, 4) is 11.3 Å². The van der Waals surface area contributed by atoms with Crippen LogP contribution < -0.4 is 4.57 Å². The number of hydrogen-bond acceptors (Lipinski definition) is 0. The molecule has 0 saturated heterocycles. The quantitative estimate of drug-likeness (QED) is 0.688. The molecule has 0 saturated carbocycles. The van der Waals surface area contributed by atoms with Crippen LogP contribution in [-0.2, 0) is 19.8 Å². The van der Waals surface area contributed by atoms with Gasteiger partial charge in [-0.15, -0.1) is 0 Å². The van der Waals surface area contributed by atoms with Gasteiger partial charge in [-0.05, 0) is 49.6 Å². The van der Waals surface area contributed by atoms with Gasteiger partial charge in [0, 0.05) is 28.2 Å². The third-order valence-electron chi connectivity index (χ3n) is 3.52. The summed E-state index contributed by atoms with van der Waals surface area (Å²) in [4.78, 5) is 0. The van der Waals surface area contributed by atoms with Crippen LogP contribution in [0.3, 0.4) is 0 Å². The molecular formula is C21H30N+. The Morgan fingerprint density at radius 1 is 1.23 bits per heavy atom. The molecule has 0 radical (unpaired) electrons. The molecule has 1 heteroatoms. The normalized spacial score (nSPS) is 19.9. The van der Waals surface area contributed by atoms with Crippen molar-refractivity contribution in [2.75, 3.05) is 0 Å². The smallest absolute Gasteiger partial charge is 0.201 e. The summed E-state index contributed by atoms with van der Waals surface area (Å²) in [5.41, 5.74) is 2.75. The van der Waals surface area contributed by atoms with E-state index in [1.807, 2.05) is 0 Å². The molecule has 0 spiro atoms. The van der Waals surface area contributed by atoms with Gasteiger partial charge < -0.3 is 0 Å². The summed E-state index contributed by atoms with van der Waals surface area (Å²) in [5, 5.41) is 0. The monoisotopic (exact) mass is 304 g/mol. The third kappa shape index (κ3) is 3.76. The number of nitrogens with zero attached hydrogens (tertiary/aromatic N) is 1. The zero-order valence-electron chi connectivity index (χ0n) is 22.0. The molecule has 1 heterocycles. The number of rotatable bonds is 5. The van der Waals surface area contributed by atoms with Crippen molar-refractivity contribution in [2.24, 2.45) is 13.0 Å². The predicted octanol–water partition coefficient (Wildman–Crippen LogP) is 4.95. The van der Waals surface area contributed by atoms with E-state index in [4.69, 9.17) is 11.0 Å². The molecule has 0 bridgehead atoms. The van der Waals surface area contributed by atoms with E-state index in [-0.39, 0.29) is 16.7 Å². The molecule has 118 valence electrons. The molecule has 0 aliphatic heterocycles. The van der Waals surface area contributed by atoms with Gasteiger partial charge >= 0.3 is 0 Å². The van der Waals surface area contributed by atoms with Crippen LogP contribution in [0.15, 0.2) is 30.5 Å². The molecule has 2 aromatic rings. The highest BCUT2D eigenvalue weighted by molar-refractivity contribution is 5.62. The molecule has 0 fully saturated rings. The van der Waals surface area contributed by atoms with Crippen LogP contribution in [-0.4, -0.2) is 0 Å². The second kappa shape index (κ2) is 7.09. The SMILES string of the molecule is [2H]C(C)C([2H])([2H])c1c[n+](C)c(-c2ccc(C([2H])([2H])[2H])cc2C)cc1C([2H])([2H])C(C)C. The van der Waals surface area contributed by atoms with Gasteiger partial charge in [-0.1, -0.05) is 44.9 Å². The summed E-state index contributed by atoms with van der Waals surface area (Å²) < 4.78 is 66.6. The number of pyridine rings is 1. The van der Waals surface area contributed by atoms with Crippen molar-refractivity contribution in [1.82, 2.24) is 0 Å². The first-order chi connectivity index (χ1) is 13.5. The van der Waals surface area contributed by atoms with E-state index in [0.29, 0.717) is 5.69 Å². The van der Waals surface area contributed by atoms with Crippen LogP contribution in [0.25, 0.3) is 11.3 Å². The lowest BCUT2D eigenvalue weighted by molar-refractivity contribution is -0.660. The minimum atomic E-state index is -2.21. The van der Waals surface area contributed by atoms with E-state index in [1.165, 1.54) is 6.92 Å². The van der Waals surface area contributed by atoms with Crippen LogP contribution in [0.2, 0.25) is 0 Å². The Bertz CT molecular complexity index is 929. The van der Waals surface area contributed by atoms with Crippen molar-refractivity contribution in [2.45, 2.75) is 53.7 Å². The summed E-state index contributed by atoms with van der Waals surface area (Å²) in [5.74, 6) is -0.410. The van der Waals surface area contributed by atoms with Crippen molar-refractivity contribution in [1.29, 1.82) is 0 Å². The molecule has 1 aromatic carbocycles. The fourth-order valence-corrected chi connectivity index (χ4v) is 2.57. The van der Waals surface area contributed by atoms with Crippen LogP contribution >= 0.6 is 0 Å². The Balaban J connectivity index is 2.82. The Hall–Kier alpha value is -1.63. The van der Waals surface area contributed by atoms with E-state index >= 15 is 0 Å². The van der Waals surface area contributed by atoms with Gasteiger partial charge in [0.05, 0.1) is 0 Å². The van der Waals surface area contributed by atoms with Gasteiger partial charge in [0.15, 0.2) is 6.20 Å². The first-order valence-corrected chi connectivity index (χ1v) is 7.59. The minimum Gasteiger partial charge on any atom is -0.201 e. The number of hydrogen-bond donors (Lipinski definition) is 0. The van der Waals surface area contributed by atoms with Gasteiger partial charge in [-0.2, -0.15) is 0 Å². The highest BCUT2D eigenvalue weighted by Crippen LogP contribution is 2.25. The first-order valence-electron chi connectivity index (χ1n) is 11.7. The van der Waals surface area contributed by atoms with Crippen LogP contribution in [0.4, 0.5) is 0 Å². The first kappa shape index (κ1) is 8.86. The molecule has 1 atom stereocenters. The Labute approximate surface area is 147 Å². The zero-order chi connectivity index (χ0) is 23.2. The van der Waals surface area contributed by atoms with Crippen molar-refractivity contribution >= 4 is 0 Å². The summed E-state index contributed by atoms with van der Waals surface area (Å²) in [6, 6.07) is 6.51. The summed E-state index contributed by atoms with van der Waals surface area (Å²) in [6.07, 6.45) is -3.36. The zero-order valence-corrected chi connectivity index (χ0v) is 14.0. The molecular weight excluding hydrogens is 266 g/mol. The van der Waals surface area contributed by atoms with Crippen molar-refractivity contribution < 1.29 is 15.5 Å². The Morgan fingerprint density at radius 2 is 2.00 bits per heavy atom. The Kier molecular flexibility index (Phi) is 2.85. The summed E-state index contributed by atoms with van der Waals surface area (Å²) >= 11 is 0. The highest BCUT2D eigenvalue weighted by atomic mass is 14.9. The van der Waals surface area contributed by atoms with Gasteiger partial charge in [-0.3, -0.25) is 0 Å². The fourth-order valence-electron chi connectivity index (χ4n) is 2.57. The summed E-state index contributed by atoms with van der Waals surface area (Å²) in [7, 11) is 1.75. The van der Waals surface area contributed by atoms with E-state index in [0.717, 1.165) is 11.1 Å². The molecule has 1 nitrogen and oxygen atoms in total. The third-order valence-corrected chi connectivity index (χ3v) is 3.52. The van der Waals surface area contributed by atoms with Gasteiger partial charge in [0.1, 0.15) is 7.05 Å². The minimum absolute atomic E-state index is 0.159. The van der Waals surface area contributed by atoms with Crippen molar-refractivity contribution in [3.63, 3.8) is 0 Å². The van der Waals surface area contributed by atoms with E-state index < -0.39 is 31.9 Å². The molecule has 2 rings (SSSR count). The second-order valence-electron chi connectivity index (χ2n) is 5.86. The molecule has 1 aromatic heterocycles. The number of benzene rings is 1. The lowest BCUT2D eigenvalue weighted by atomic mass is 9.94. The van der Waals surface area contributed by atoms with E-state index in [2.05, 4.69) is 0 Å². The van der Waals surface area contributed by atoms with Gasteiger partial charge in [0.2, 0.25) is 5.69 Å². The van der Waals surface area contributed by atoms with Crippen LogP contribution in [0.5, 0.6) is 0 Å². The maximum atomic E-state index is 8.64. The van der Waals surface area contributed by atoms with Gasteiger partial charge in [-0.25, -0.2) is 4.57 Å². The average Bonchev–Trinajstić information content (AvgIpc) is 2.60. The summed E-state index contributed by atoms with van der Waals surface area (Å²) in [6.45, 7) is 4.54. The molecule has 0 aliphatic carbocycles. The number of aromatic nitrogens is 1.